The fourth-order valence-electron chi connectivity index (χ4n) is 5.95. The van der Waals surface area contributed by atoms with E-state index >= 15 is 0 Å². The van der Waals surface area contributed by atoms with Crippen molar-refractivity contribution in [1.82, 2.24) is 0 Å². The number of carbonyl (C=O) groups is 3. The van der Waals surface area contributed by atoms with Gasteiger partial charge in [0.25, 0.3) is 0 Å². The van der Waals surface area contributed by atoms with Gasteiger partial charge in [-0.2, -0.15) is 0 Å². The van der Waals surface area contributed by atoms with E-state index in [0.29, 0.717) is 0 Å². The molecule has 2 fully saturated rings. The number of Topliss-reactive ketones (excluding diaryl/α,β-unsaturated/α-hetero) is 2. The van der Waals surface area contributed by atoms with Crippen LogP contribution in [0.3, 0.4) is 0 Å². The van der Waals surface area contributed by atoms with Crippen molar-refractivity contribution in [2.24, 2.45) is 0 Å². The molecule has 6 aliphatic rings. The molecule has 0 aromatic heterocycles. The Balaban J connectivity index is 1.64. The Morgan fingerprint density at radius 2 is 1.62 bits per heavy atom. The average Bonchev–Trinajstić information content (AvgIpc) is 3.09. The quantitative estimate of drug-likeness (QED) is 0.328. The highest BCUT2D eigenvalue weighted by Gasteiger charge is 2.62. The van der Waals surface area contributed by atoms with Gasteiger partial charge < -0.3 is 34.6 Å². The molecule has 2 saturated heterocycles. The van der Waals surface area contributed by atoms with E-state index in [9.17, 15) is 34.8 Å². The molecule has 4 heterocycles. The number of ketones is 2. The molecule has 1 aromatic rings. The summed E-state index contributed by atoms with van der Waals surface area (Å²) >= 11 is 0. The molecule has 0 spiro atoms. The molecule has 4 N–H and O–H groups in total. The summed E-state index contributed by atoms with van der Waals surface area (Å²) in [7, 11) is 0. The third kappa shape index (κ3) is 2.06. The van der Waals surface area contributed by atoms with E-state index in [-0.39, 0.29) is 35.1 Å². The van der Waals surface area contributed by atoms with Gasteiger partial charge in [0.2, 0.25) is 0 Å². The molecule has 7 rings (SSSR count). The second-order valence-corrected chi connectivity index (χ2v) is 9.00. The topological polar surface area (TPSA) is 160 Å². The minimum Gasteiger partial charge on any atom is -0.507 e. The van der Waals surface area contributed by atoms with Gasteiger partial charge in [-0.05, 0) is 13.8 Å². The van der Waals surface area contributed by atoms with Crippen molar-refractivity contribution in [2.75, 3.05) is 0 Å². The molecule has 1 aromatic carbocycles. The van der Waals surface area contributed by atoms with Gasteiger partial charge in [-0.1, -0.05) is 0 Å². The summed E-state index contributed by atoms with van der Waals surface area (Å²) in [6.07, 6.45) is -5.97. The number of carbonyl (C=O) groups excluding carboxylic acids is 3. The lowest BCUT2D eigenvalue weighted by molar-refractivity contribution is -0.207. The summed E-state index contributed by atoms with van der Waals surface area (Å²) in [6.45, 7) is 3.07. The van der Waals surface area contributed by atoms with Crippen LogP contribution in [0.4, 0.5) is 0 Å². The molecule has 2 bridgehead atoms. The number of ether oxygens (including phenoxy) is 3. The van der Waals surface area contributed by atoms with E-state index in [1.54, 1.807) is 6.92 Å². The van der Waals surface area contributed by atoms with Crippen molar-refractivity contribution < 1.29 is 49.0 Å². The highest BCUT2D eigenvalue weighted by atomic mass is 16.6. The number of aromatic hydroxyl groups is 2. The maximum Gasteiger partial charge on any atom is 0.309 e. The van der Waals surface area contributed by atoms with Gasteiger partial charge in [0.15, 0.2) is 17.7 Å². The number of fused-ring (bicyclic) bond motifs is 6. The van der Waals surface area contributed by atoms with E-state index in [2.05, 4.69) is 0 Å². The van der Waals surface area contributed by atoms with Gasteiger partial charge in [-0.25, -0.2) is 0 Å². The molecule has 2 aliphatic carbocycles. The lowest BCUT2D eigenvalue weighted by Gasteiger charge is -2.52. The van der Waals surface area contributed by atoms with Crippen molar-refractivity contribution in [1.29, 1.82) is 0 Å². The van der Waals surface area contributed by atoms with Gasteiger partial charge in [-0.3, -0.25) is 14.4 Å². The summed E-state index contributed by atoms with van der Waals surface area (Å²) in [5, 5.41) is 44.0. The first-order chi connectivity index (χ1) is 15.1. The third-order valence-electron chi connectivity index (χ3n) is 7.41. The van der Waals surface area contributed by atoms with Crippen molar-refractivity contribution in [2.45, 2.75) is 68.9 Å². The molecule has 4 aliphatic heterocycles. The Bertz CT molecular complexity index is 1170. The van der Waals surface area contributed by atoms with E-state index in [1.165, 1.54) is 6.92 Å². The third-order valence-corrected chi connectivity index (χ3v) is 7.41. The first-order valence-corrected chi connectivity index (χ1v) is 10.4. The van der Waals surface area contributed by atoms with Crippen LogP contribution in [0.15, 0.2) is 11.1 Å². The lowest BCUT2D eigenvalue weighted by Crippen LogP contribution is -2.66. The number of benzene rings is 1. The Hall–Kier alpha value is -2.79. The fraction of sp³-hybridized carbons (Fsp3) is 0.500. The number of aliphatic hydroxyl groups is 2. The van der Waals surface area contributed by atoms with Crippen molar-refractivity contribution in [3.63, 3.8) is 0 Å². The normalized spacial score (nSPS) is 39.4. The zero-order valence-electron chi connectivity index (χ0n) is 17.1. The molecule has 168 valence electrons. The molecule has 0 amide bonds. The van der Waals surface area contributed by atoms with Crippen LogP contribution < -0.4 is 0 Å². The number of phenolic OH excluding ortho intramolecular Hbond substituents is 2. The second-order valence-electron chi connectivity index (χ2n) is 9.00. The summed E-state index contributed by atoms with van der Waals surface area (Å²) in [5.74, 6) is -3.36. The molecular formula is C22H20O10. The van der Waals surface area contributed by atoms with Crippen molar-refractivity contribution >= 4 is 17.5 Å². The first kappa shape index (κ1) is 19.9. The van der Waals surface area contributed by atoms with Gasteiger partial charge >= 0.3 is 5.97 Å². The molecule has 32 heavy (non-hydrogen) atoms. The van der Waals surface area contributed by atoms with E-state index in [0.717, 1.165) is 0 Å². The maximum absolute atomic E-state index is 13.6. The Labute approximate surface area is 181 Å². The lowest BCUT2D eigenvalue weighted by atomic mass is 9.63. The number of hydrogen-bond donors (Lipinski definition) is 4. The van der Waals surface area contributed by atoms with Crippen LogP contribution in [0.5, 0.6) is 11.5 Å². The number of esters is 1. The van der Waals surface area contributed by atoms with Gasteiger partial charge in [-0.15, -0.1) is 0 Å². The van der Waals surface area contributed by atoms with Crippen LogP contribution >= 0.6 is 0 Å². The van der Waals surface area contributed by atoms with Crippen LogP contribution in [0.1, 0.15) is 70.7 Å². The van der Waals surface area contributed by atoms with E-state index in [4.69, 9.17) is 14.2 Å². The molecule has 7 atom stereocenters. The predicted molar refractivity (Wildman–Crippen MR) is 102 cm³/mol. The zero-order chi connectivity index (χ0) is 22.9. The summed E-state index contributed by atoms with van der Waals surface area (Å²) < 4.78 is 16.7. The first-order valence-electron chi connectivity index (χ1n) is 10.4. The summed E-state index contributed by atoms with van der Waals surface area (Å²) in [5.41, 5.74) is -3.41. The Kier molecular flexibility index (Phi) is 3.70. The molecule has 0 unspecified atom stereocenters. The standard InChI is InChI=1S/C22H20O10/c1-5-11-15(21-8(30-5)4-10(24)32-21)19(27)13-14(17(11)25)20(28)16-12(18(13)26)7-3-9(23)22(16,29)6(2)31-7/h5-9,21,23,25,27,29H,3-4H2,1-2H3/t5-,6+,7-,8-,9+,21+,22+/m0/s1. The number of aliphatic hydroxyl groups excluding tert-OH is 1. The monoisotopic (exact) mass is 444 g/mol. The van der Waals surface area contributed by atoms with Gasteiger partial charge in [0.05, 0.1) is 42.0 Å². The van der Waals surface area contributed by atoms with Crippen LogP contribution in [0.2, 0.25) is 0 Å². The zero-order valence-corrected chi connectivity index (χ0v) is 17.1. The number of hydrogen-bond acceptors (Lipinski definition) is 10. The number of phenols is 2. The Morgan fingerprint density at radius 1 is 0.969 bits per heavy atom. The molecule has 0 saturated carbocycles. The summed E-state index contributed by atoms with van der Waals surface area (Å²) in [6, 6.07) is 0. The Morgan fingerprint density at radius 3 is 2.31 bits per heavy atom. The smallest absolute Gasteiger partial charge is 0.309 e. The highest BCUT2D eigenvalue weighted by Crippen LogP contribution is 2.57. The van der Waals surface area contributed by atoms with Crippen molar-refractivity contribution in [3.05, 3.63) is 33.4 Å². The SMILES string of the molecule is C[C@@H]1O[C@H]2CC(=O)O[C@H]2c2c(O)c3c(c(O)c21)C(=O)C1=C(C3=O)[C@@H]2C[C@@H](O)[C@]1(O)[C@@H](C)O2. The molecule has 0 radical (unpaired) electrons. The van der Waals surface area contributed by atoms with Crippen LogP contribution in [0, 0.1) is 0 Å². The van der Waals surface area contributed by atoms with Crippen LogP contribution in [-0.2, 0) is 19.0 Å². The summed E-state index contributed by atoms with van der Waals surface area (Å²) in [4.78, 5) is 39.0. The maximum atomic E-state index is 13.6. The molecular weight excluding hydrogens is 424 g/mol. The minimum atomic E-state index is -2.14. The molecule has 10 nitrogen and oxygen atoms in total. The van der Waals surface area contributed by atoms with Gasteiger partial charge in [0, 0.05) is 28.7 Å². The minimum absolute atomic E-state index is 0.0371. The average molecular weight is 444 g/mol. The highest BCUT2D eigenvalue weighted by molar-refractivity contribution is 6.30. The van der Waals surface area contributed by atoms with E-state index in [1.807, 2.05) is 0 Å². The number of rotatable bonds is 0. The second kappa shape index (κ2) is 5.96. The molecule has 10 heteroatoms. The van der Waals surface area contributed by atoms with Crippen LogP contribution in [-0.4, -0.2) is 68.0 Å². The van der Waals surface area contributed by atoms with Gasteiger partial charge in [0.1, 0.15) is 23.2 Å². The largest absolute Gasteiger partial charge is 0.507 e. The van der Waals surface area contributed by atoms with E-state index < -0.39 is 82.4 Å². The van der Waals surface area contributed by atoms with Crippen molar-refractivity contribution in [3.8, 4) is 11.5 Å². The predicted octanol–water partition coefficient (Wildman–Crippen LogP) is 0.504. The van der Waals surface area contributed by atoms with Crippen LogP contribution in [0.25, 0.3) is 0 Å². The fourth-order valence-corrected chi connectivity index (χ4v) is 5.95.